The summed E-state index contributed by atoms with van der Waals surface area (Å²) in [7, 11) is -3.79. The van der Waals surface area contributed by atoms with E-state index in [1.165, 1.54) is 39.9 Å². The Kier molecular flexibility index (Phi) is 8.67. The molecule has 0 unspecified atom stereocenters. The first kappa shape index (κ1) is 28.0. The lowest BCUT2D eigenvalue weighted by molar-refractivity contribution is 0.0999. The van der Waals surface area contributed by atoms with Crippen molar-refractivity contribution in [3.05, 3.63) is 81.7 Å². The predicted octanol–water partition coefficient (Wildman–Crippen LogP) is 4.47. The van der Waals surface area contributed by atoms with E-state index in [-0.39, 0.29) is 23.0 Å². The molecule has 0 saturated carbocycles. The van der Waals surface area contributed by atoms with Crippen molar-refractivity contribution in [2.24, 2.45) is 5.73 Å². The molecular formula is C28H34N4O4S2. The number of nitrogens with two attached hydrogens (primary N) is 1. The van der Waals surface area contributed by atoms with Crippen molar-refractivity contribution in [3.63, 3.8) is 0 Å². The standard InChI is InChI=1S/C28H34N4O4S2/c1-4-15-31-16-14-23-24(18-31)37-28(25(23)26(29)33)30-27(34)21-10-12-22(13-11-21)38(35,36)32(19(2)3)17-20-8-6-5-7-9-20/h5-13,19H,4,14-18H2,1-3H3,(H2,29,33)(H,30,34). The van der Waals surface area contributed by atoms with Crippen LogP contribution in [0.2, 0.25) is 0 Å². The van der Waals surface area contributed by atoms with Crippen LogP contribution in [-0.2, 0) is 29.5 Å². The molecule has 0 radical (unpaired) electrons. The molecular weight excluding hydrogens is 520 g/mol. The van der Waals surface area contributed by atoms with Gasteiger partial charge < -0.3 is 11.1 Å². The number of amides is 2. The highest BCUT2D eigenvalue weighted by Crippen LogP contribution is 2.37. The number of rotatable bonds is 10. The highest BCUT2D eigenvalue weighted by molar-refractivity contribution is 7.89. The summed E-state index contributed by atoms with van der Waals surface area (Å²) in [5.41, 5.74) is 8.17. The Morgan fingerprint density at radius 2 is 1.79 bits per heavy atom. The van der Waals surface area contributed by atoms with E-state index in [4.69, 9.17) is 5.73 Å². The van der Waals surface area contributed by atoms with E-state index >= 15 is 0 Å². The van der Waals surface area contributed by atoms with E-state index in [1.807, 2.05) is 44.2 Å². The van der Waals surface area contributed by atoms with Gasteiger partial charge in [-0.15, -0.1) is 11.3 Å². The fraction of sp³-hybridized carbons (Fsp3) is 0.357. The van der Waals surface area contributed by atoms with Crippen molar-refractivity contribution in [2.45, 2.75) is 57.6 Å². The summed E-state index contributed by atoms with van der Waals surface area (Å²) in [5, 5.41) is 3.29. The Morgan fingerprint density at radius 1 is 1.11 bits per heavy atom. The van der Waals surface area contributed by atoms with E-state index in [1.54, 1.807) is 0 Å². The number of sulfonamides is 1. The quantitative estimate of drug-likeness (QED) is 0.384. The highest BCUT2D eigenvalue weighted by Gasteiger charge is 2.29. The molecule has 0 spiro atoms. The third kappa shape index (κ3) is 5.99. The van der Waals surface area contributed by atoms with Crippen LogP contribution in [0, 0.1) is 0 Å². The molecule has 10 heteroatoms. The van der Waals surface area contributed by atoms with Crippen LogP contribution in [0.1, 0.15) is 63.9 Å². The molecule has 38 heavy (non-hydrogen) atoms. The van der Waals surface area contributed by atoms with Crippen LogP contribution in [0.25, 0.3) is 0 Å². The molecule has 1 aromatic heterocycles. The van der Waals surface area contributed by atoms with Crippen molar-refractivity contribution >= 4 is 38.2 Å². The topological polar surface area (TPSA) is 113 Å². The fourth-order valence-electron chi connectivity index (χ4n) is 4.71. The van der Waals surface area contributed by atoms with Crippen molar-refractivity contribution < 1.29 is 18.0 Å². The molecule has 3 aromatic rings. The molecule has 0 fully saturated rings. The molecule has 0 atom stereocenters. The van der Waals surface area contributed by atoms with Gasteiger partial charge in [-0.05, 0) is 68.6 Å². The van der Waals surface area contributed by atoms with E-state index in [9.17, 15) is 18.0 Å². The lowest BCUT2D eigenvalue weighted by atomic mass is 10.0. The third-order valence-electron chi connectivity index (χ3n) is 6.63. The van der Waals surface area contributed by atoms with Gasteiger partial charge in [-0.25, -0.2) is 8.42 Å². The number of anilines is 1. The molecule has 1 aliphatic heterocycles. The van der Waals surface area contributed by atoms with Crippen molar-refractivity contribution in [2.75, 3.05) is 18.4 Å². The van der Waals surface area contributed by atoms with Gasteiger partial charge in [-0.3, -0.25) is 14.5 Å². The van der Waals surface area contributed by atoms with Crippen molar-refractivity contribution in [1.82, 2.24) is 9.21 Å². The molecule has 0 bridgehead atoms. The number of carbonyl (C=O) groups excluding carboxylic acids is 2. The lowest BCUT2D eigenvalue weighted by Crippen LogP contribution is -2.36. The summed E-state index contributed by atoms with van der Waals surface area (Å²) in [6, 6.07) is 15.0. The first-order valence-corrected chi connectivity index (χ1v) is 15.0. The van der Waals surface area contributed by atoms with Crippen molar-refractivity contribution in [3.8, 4) is 0 Å². The minimum atomic E-state index is -3.79. The number of nitrogens with one attached hydrogen (secondary N) is 1. The second-order valence-electron chi connectivity index (χ2n) is 9.71. The third-order valence-corrected chi connectivity index (χ3v) is 9.80. The van der Waals surface area contributed by atoms with Gasteiger partial charge in [0, 0.05) is 36.1 Å². The van der Waals surface area contributed by atoms with Gasteiger partial charge in [0.05, 0.1) is 10.5 Å². The van der Waals surface area contributed by atoms with Crippen molar-refractivity contribution in [1.29, 1.82) is 0 Å². The predicted molar refractivity (Wildman–Crippen MR) is 151 cm³/mol. The molecule has 2 heterocycles. The van der Waals surface area contributed by atoms with Gasteiger partial charge >= 0.3 is 0 Å². The number of primary amides is 1. The second-order valence-corrected chi connectivity index (χ2v) is 12.7. The summed E-state index contributed by atoms with van der Waals surface area (Å²) >= 11 is 1.38. The Balaban J connectivity index is 1.53. The van der Waals surface area contributed by atoms with Gasteiger partial charge in [-0.1, -0.05) is 37.3 Å². The minimum Gasteiger partial charge on any atom is -0.365 e. The summed E-state index contributed by atoms with van der Waals surface area (Å²) in [6.07, 6.45) is 1.75. The number of benzene rings is 2. The van der Waals surface area contributed by atoms with Crippen LogP contribution < -0.4 is 11.1 Å². The number of hydrogen-bond acceptors (Lipinski definition) is 6. The summed E-state index contributed by atoms with van der Waals surface area (Å²) in [6.45, 7) is 8.59. The van der Waals surface area contributed by atoms with Gasteiger partial charge in [0.2, 0.25) is 10.0 Å². The highest BCUT2D eigenvalue weighted by atomic mass is 32.2. The van der Waals surface area contributed by atoms with Crippen LogP contribution in [0.5, 0.6) is 0 Å². The van der Waals surface area contributed by atoms with Crippen LogP contribution in [0.4, 0.5) is 5.00 Å². The smallest absolute Gasteiger partial charge is 0.256 e. The molecule has 1 aliphatic rings. The molecule has 2 aromatic carbocycles. The minimum absolute atomic E-state index is 0.110. The lowest BCUT2D eigenvalue weighted by Gasteiger charge is -2.26. The summed E-state index contributed by atoms with van der Waals surface area (Å²) in [5.74, 6) is -0.985. The zero-order valence-electron chi connectivity index (χ0n) is 21.9. The molecule has 202 valence electrons. The maximum absolute atomic E-state index is 13.4. The molecule has 4 rings (SSSR count). The second kappa shape index (κ2) is 11.8. The maximum atomic E-state index is 13.4. The Morgan fingerprint density at radius 3 is 2.39 bits per heavy atom. The largest absolute Gasteiger partial charge is 0.365 e. The van der Waals surface area contributed by atoms with Gasteiger partial charge in [0.25, 0.3) is 11.8 Å². The zero-order valence-corrected chi connectivity index (χ0v) is 23.6. The van der Waals surface area contributed by atoms with Crippen LogP contribution >= 0.6 is 11.3 Å². The SMILES string of the molecule is CCCN1CCc2c(sc(NC(=O)c3ccc(S(=O)(=O)N(Cc4ccccc4)C(C)C)cc3)c2C(N)=O)C1. The van der Waals surface area contributed by atoms with E-state index < -0.39 is 21.8 Å². The molecule has 0 saturated heterocycles. The number of nitrogens with zero attached hydrogens (tertiary/aromatic N) is 2. The number of hydrogen-bond donors (Lipinski definition) is 2. The monoisotopic (exact) mass is 554 g/mol. The van der Waals surface area contributed by atoms with Gasteiger partial charge in [-0.2, -0.15) is 4.31 Å². The first-order valence-electron chi connectivity index (χ1n) is 12.8. The maximum Gasteiger partial charge on any atom is 0.256 e. The number of thiophene rings is 1. The van der Waals surface area contributed by atoms with Crippen LogP contribution in [-0.4, -0.2) is 48.6 Å². The summed E-state index contributed by atoms with van der Waals surface area (Å²) in [4.78, 5) is 28.8. The fourth-order valence-corrected chi connectivity index (χ4v) is 7.62. The molecule has 3 N–H and O–H groups in total. The number of carbonyl (C=O) groups is 2. The zero-order chi connectivity index (χ0) is 27.4. The first-order chi connectivity index (χ1) is 18.1. The molecule has 2 amide bonds. The van der Waals surface area contributed by atoms with Crippen LogP contribution in [0.3, 0.4) is 0 Å². The normalized spacial score (nSPS) is 14.0. The summed E-state index contributed by atoms with van der Waals surface area (Å²) < 4.78 is 28.3. The van der Waals surface area contributed by atoms with Gasteiger partial charge in [0.15, 0.2) is 0 Å². The Bertz CT molecular complexity index is 1400. The molecule has 8 nitrogen and oxygen atoms in total. The average molecular weight is 555 g/mol. The molecule has 0 aliphatic carbocycles. The Hall–Kier alpha value is -3.05. The van der Waals surface area contributed by atoms with E-state index in [0.29, 0.717) is 17.0 Å². The van der Waals surface area contributed by atoms with E-state index in [2.05, 4.69) is 17.1 Å². The Labute approximate surface area is 228 Å². The number of fused-ring (bicyclic) bond motifs is 1. The van der Waals surface area contributed by atoms with E-state index in [0.717, 1.165) is 42.1 Å². The van der Waals surface area contributed by atoms with Crippen LogP contribution in [0.15, 0.2) is 59.5 Å². The van der Waals surface area contributed by atoms with Gasteiger partial charge in [0.1, 0.15) is 5.00 Å². The average Bonchev–Trinajstić information content (AvgIpc) is 3.25.